The average molecular weight is 338 g/mol. The Morgan fingerprint density at radius 3 is 2.52 bits per heavy atom. The molecule has 0 bridgehead atoms. The summed E-state index contributed by atoms with van der Waals surface area (Å²) in [6.45, 7) is 5.09. The summed E-state index contributed by atoms with van der Waals surface area (Å²) in [7, 11) is 0. The van der Waals surface area contributed by atoms with E-state index in [2.05, 4.69) is 47.3 Å². The van der Waals surface area contributed by atoms with Crippen LogP contribution < -0.4 is 5.32 Å². The summed E-state index contributed by atoms with van der Waals surface area (Å²) < 4.78 is 0. The summed E-state index contributed by atoms with van der Waals surface area (Å²) in [6, 6.07) is 6.51. The van der Waals surface area contributed by atoms with Gasteiger partial charge < -0.3 is 5.32 Å². The minimum absolute atomic E-state index is 0.301. The maximum atomic E-state index is 6.03. The number of aromatic nitrogens is 2. The first-order chi connectivity index (χ1) is 10.2. The molecule has 0 spiro atoms. The molecule has 6 heteroatoms. The van der Waals surface area contributed by atoms with Crippen molar-refractivity contribution in [2.24, 2.45) is 0 Å². The van der Waals surface area contributed by atoms with Gasteiger partial charge in [-0.25, -0.2) is 9.97 Å². The summed E-state index contributed by atoms with van der Waals surface area (Å²) in [4.78, 5) is 13.6. The number of nitrogens with one attached hydrogen (secondary N) is 1. The third kappa shape index (κ3) is 3.20. The fourth-order valence-electron chi connectivity index (χ4n) is 2.13. The Balaban J connectivity index is 1.86. The molecule has 0 fully saturated rings. The molecule has 0 atom stereocenters. The minimum Gasteiger partial charge on any atom is -0.364 e. The lowest BCUT2D eigenvalue weighted by atomic mass is 10.3. The summed E-state index contributed by atoms with van der Waals surface area (Å²) in [5.74, 6) is 0.826. The van der Waals surface area contributed by atoms with Crippen LogP contribution in [0.25, 0.3) is 10.2 Å². The van der Waals surface area contributed by atoms with Crippen molar-refractivity contribution in [1.29, 1.82) is 0 Å². The van der Waals surface area contributed by atoms with Gasteiger partial charge in [-0.15, -0.1) is 22.7 Å². The number of anilines is 1. The Hall–Kier alpha value is -1.17. The molecule has 0 aliphatic heterocycles. The van der Waals surface area contributed by atoms with Gasteiger partial charge in [0.15, 0.2) is 0 Å². The Morgan fingerprint density at radius 1 is 1.05 bits per heavy atom. The number of fused-ring (bicyclic) bond motifs is 1. The molecule has 21 heavy (non-hydrogen) atoms. The van der Waals surface area contributed by atoms with Crippen LogP contribution in [0.1, 0.15) is 28.5 Å². The van der Waals surface area contributed by atoms with Gasteiger partial charge in [0.2, 0.25) is 5.28 Å². The lowest BCUT2D eigenvalue weighted by Gasteiger charge is -2.05. The lowest BCUT2D eigenvalue weighted by Crippen LogP contribution is -2.01. The van der Waals surface area contributed by atoms with E-state index >= 15 is 0 Å². The van der Waals surface area contributed by atoms with E-state index < -0.39 is 0 Å². The maximum Gasteiger partial charge on any atom is 0.225 e. The Morgan fingerprint density at radius 2 is 1.81 bits per heavy atom. The Bertz CT molecular complexity index is 763. The number of nitrogens with zero attached hydrogens (tertiary/aromatic N) is 2. The van der Waals surface area contributed by atoms with Crippen LogP contribution in [-0.2, 0) is 19.4 Å². The van der Waals surface area contributed by atoms with Gasteiger partial charge in [0.1, 0.15) is 10.6 Å². The molecule has 110 valence electrons. The third-order valence-electron chi connectivity index (χ3n) is 3.26. The van der Waals surface area contributed by atoms with Crippen LogP contribution in [0.2, 0.25) is 5.28 Å². The van der Waals surface area contributed by atoms with Gasteiger partial charge in [-0.1, -0.05) is 13.8 Å². The molecule has 3 nitrogen and oxygen atoms in total. The molecule has 3 aromatic rings. The highest BCUT2D eigenvalue weighted by molar-refractivity contribution is 7.18. The van der Waals surface area contributed by atoms with Gasteiger partial charge >= 0.3 is 0 Å². The van der Waals surface area contributed by atoms with Crippen molar-refractivity contribution in [3.05, 3.63) is 38.1 Å². The van der Waals surface area contributed by atoms with Crippen LogP contribution in [0.4, 0.5) is 5.82 Å². The standard InChI is InChI=1S/C15H16ClN3S2/c1-3-9-5-6-11(20-9)8-17-13-12-7-10(4-2)21-14(12)19-15(16)18-13/h5-7H,3-4,8H2,1-2H3,(H,17,18,19). The highest BCUT2D eigenvalue weighted by Gasteiger charge is 2.10. The summed E-state index contributed by atoms with van der Waals surface area (Å²) >= 11 is 9.55. The van der Waals surface area contributed by atoms with Crippen molar-refractivity contribution in [1.82, 2.24) is 9.97 Å². The molecule has 0 radical (unpaired) electrons. The molecule has 1 N–H and O–H groups in total. The van der Waals surface area contributed by atoms with E-state index in [1.54, 1.807) is 11.3 Å². The quantitative estimate of drug-likeness (QED) is 0.655. The molecule has 0 aliphatic rings. The average Bonchev–Trinajstić information content (AvgIpc) is 3.10. The molecular weight excluding hydrogens is 322 g/mol. The van der Waals surface area contributed by atoms with E-state index in [1.807, 2.05) is 11.3 Å². The molecular formula is C15H16ClN3S2. The normalized spacial score (nSPS) is 11.2. The summed E-state index contributed by atoms with van der Waals surface area (Å²) in [5, 5.41) is 4.77. The van der Waals surface area contributed by atoms with E-state index in [0.29, 0.717) is 5.28 Å². The molecule has 0 aromatic carbocycles. The molecule has 3 rings (SSSR count). The van der Waals surface area contributed by atoms with Crippen molar-refractivity contribution in [3.63, 3.8) is 0 Å². The first-order valence-electron chi connectivity index (χ1n) is 6.97. The van der Waals surface area contributed by atoms with E-state index in [1.165, 1.54) is 14.6 Å². The minimum atomic E-state index is 0.301. The summed E-state index contributed by atoms with van der Waals surface area (Å²) in [5.41, 5.74) is 0. The molecule has 0 saturated carbocycles. The van der Waals surface area contributed by atoms with Crippen LogP contribution in [-0.4, -0.2) is 9.97 Å². The van der Waals surface area contributed by atoms with E-state index in [0.717, 1.165) is 35.4 Å². The zero-order valence-corrected chi connectivity index (χ0v) is 14.3. The smallest absolute Gasteiger partial charge is 0.225 e. The second kappa shape index (κ2) is 6.30. The van der Waals surface area contributed by atoms with E-state index in [-0.39, 0.29) is 0 Å². The molecule has 0 aliphatic carbocycles. The van der Waals surface area contributed by atoms with Crippen molar-refractivity contribution >= 4 is 50.3 Å². The molecule has 0 amide bonds. The van der Waals surface area contributed by atoms with Crippen molar-refractivity contribution in [2.75, 3.05) is 5.32 Å². The SMILES string of the molecule is CCc1ccc(CNc2nc(Cl)nc3sc(CC)cc23)s1. The number of hydrogen-bond donors (Lipinski definition) is 1. The molecule has 3 aromatic heterocycles. The third-order valence-corrected chi connectivity index (χ3v) is 5.83. The number of thiophene rings is 2. The van der Waals surface area contributed by atoms with Crippen LogP contribution in [0.5, 0.6) is 0 Å². The van der Waals surface area contributed by atoms with Crippen molar-refractivity contribution < 1.29 is 0 Å². The zero-order chi connectivity index (χ0) is 14.8. The maximum absolute atomic E-state index is 6.03. The van der Waals surface area contributed by atoms with Crippen LogP contribution in [0.15, 0.2) is 18.2 Å². The molecule has 3 heterocycles. The van der Waals surface area contributed by atoms with Gasteiger partial charge in [0.25, 0.3) is 0 Å². The lowest BCUT2D eigenvalue weighted by molar-refractivity contribution is 1.13. The van der Waals surface area contributed by atoms with Crippen LogP contribution in [0, 0.1) is 0 Å². The number of aryl methyl sites for hydroxylation is 2. The molecule has 0 unspecified atom stereocenters. The highest BCUT2D eigenvalue weighted by Crippen LogP contribution is 2.30. The zero-order valence-electron chi connectivity index (χ0n) is 11.9. The van der Waals surface area contributed by atoms with Gasteiger partial charge in [-0.05, 0) is 42.6 Å². The fraction of sp³-hybridized carbons (Fsp3) is 0.333. The predicted molar refractivity (Wildman–Crippen MR) is 92.8 cm³/mol. The van der Waals surface area contributed by atoms with Crippen LogP contribution in [0.3, 0.4) is 0 Å². The Labute approximate surface area is 137 Å². The largest absolute Gasteiger partial charge is 0.364 e. The van der Waals surface area contributed by atoms with Gasteiger partial charge in [0.05, 0.1) is 11.9 Å². The number of rotatable bonds is 5. The Kier molecular flexibility index (Phi) is 4.42. The monoisotopic (exact) mass is 337 g/mol. The van der Waals surface area contributed by atoms with Crippen molar-refractivity contribution in [3.8, 4) is 0 Å². The number of halogens is 1. The second-order valence-corrected chi connectivity index (χ2v) is 7.41. The van der Waals surface area contributed by atoms with Crippen molar-refractivity contribution in [2.45, 2.75) is 33.2 Å². The van der Waals surface area contributed by atoms with E-state index in [4.69, 9.17) is 11.6 Å². The first-order valence-corrected chi connectivity index (χ1v) is 8.98. The second-order valence-electron chi connectivity index (χ2n) is 4.70. The predicted octanol–water partition coefficient (Wildman–Crippen LogP) is 5.14. The topological polar surface area (TPSA) is 37.8 Å². The number of hydrogen-bond acceptors (Lipinski definition) is 5. The highest BCUT2D eigenvalue weighted by atomic mass is 35.5. The first kappa shape index (κ1) is 14.8. The van der Waals surface area contributed by atoms with Crippen LogP contribution >= 0.6 is 34.3 Å². The van der Waals surface area contributed by atoms with Gasteiger partial charge in [-0.3, -0.25) is 0 Å². The van der Waals surface area contributed by atoms with Gasteiger partial charge in [0, 0.05) is 14.6 Å². The summed E-state index contributed by atoms with van der Waals surface area (Å²) in [6.07, 6.45) is 2.08. The fourth-order valence-corrected chi connectivity index (χ4v) is 4.22. The van der Waals surface area contributed by atoms with E-state index in [9.17, 15) is 0 Å². The molecule has 0 saturated heterocycles. The van der Waals surface area contributed by atoms with Gasteiger partial charge in [-0.2, -0.15) is 0 Å².